The maximum absolute atomic E-state index is 9.17. The van der Waals surface area contributed by atoms with Crippen LogP contribution in [0.4, 0.5) is 0 Å². The summed E-state index contributed by atoms with van der Waals surface area (Å²) in [6.45, 7) is 2.26. The van der Waals surface area contributed by atoms with Gasteiger partial charge in [-0.1, -0.05) is 64.0 Å². The van der Waals surface area contributed by atoms with E-state index in [2.05, 4.69) is 6.92 Å². The molecule has 0 saturated carbocycles. The van der Waals surface area contributed by atoms with Gasteiger partial charge in [0.1, 0.15) is 5.75 Å². The van der Waals surface area contributed by atoms with Crippen LogP contribution in [0.3, 0.4) is 0 Å². The van der Waals surface area contributed by atoms with Gasteiger partial charge >= 0.3 is 37.7 Å². The zero-order valence-electron chi connectivity index (χ0n) is 11.1. The summed E-state index contributed by atoms with van der Waals surface area (Å²) in [4.78, 5) is 0. The molecule has 0 atom stereocenters. The SMILES string of the molecule is CCCCCCCCCCc1ccc(O)cc1.[CaH2]. The Morgan fingerprint density at radius 2 is 1.28 bits per heavy atom. The Hall–Kier alpha value is 0.280. The van der Waals surface area contributed by atoms with Gasteiger partial charge in [-0.05, 0) is 30.5 Å². The van der Waals surface area contributed by atoms with Gasteiger partial charge in [0.15, 0.2) is 0 Å². The number of hydrogen-bond donors (Lipinski definition) is 1. The number of benzene rings is 1. The second kappa shape index (κ2) is 12.3. The molecule has 0 fully saturated rings. The average molecular weight is 276 g/mol. The number of aromatic hydroxyl groups is 1. The molecule has 1 aromatic rings. The number of aryl methyl sites for hydroxylation is 1. The van der Waals surface area contributed by atoms with Crippen LogP contribution in [0.15, 0.2) is 24.3 Å². The molecule has 0 aromatic heterocycles. The predicted molar refractivity (Wildman–Crippen MR) is 83.0 cm³/mol. The van der Waals surface area contributed by atoms with E-state index >= 15 is 0 Å². The molecule has 2 heteroatoms. The maximum atomic E-state index is 9.17. The Kier molecular flexibility index (Phi) is 12.5. The molecule has 0 saturated heterocycles. The van der Waals surface area contributed by atoms with Crippen molar-refractivity contribution in [1.82, 2.24) is 0 Å². The molecule has 0 radical (unpaired) electrons. The van der Waals surface area contributed by atoms with Gasteiger partial charge in [-0.25, -0.2) is 0 Å². The fourth-order valence-corrected chi connectivity index (χ4v) is 2.13. The van der Waals surface area contributed by atoms with Crippen molar-refractivity contribution in [2.75, 3.05) is 0 Å². The van der Waals surface area contributed by atoms with Gasteiger partial charge in [-0.2, -0.15) is 0 Å². The zero-order chi connectivity index (χ0) is 12.3. The third kappa shape index (κ3) is 9.24. The predicted octanol–water partition coefficient (Wildman–Crippen LogP) is 4.16. The molecule has 18 heavy (non-hydrogen) atoms. The second-order valence-corrected chi connectivity index (χ2v) is 4.89. The van der Waals surface area contributed by atoms with Crippen LogP contribution in [0.1, 0.15) is 63.9 Å². The number of phenols is 1. The Labute approximate surface area is 142 Å². The first-order chi connectivity index (χ1) is 8.33. The molecule has 0 spiro atoms. The Morgan fingerprint density at radius 3 is 1.83 bits per heavy atom. The quantitative estimate of drug-likeness (QED) is 0.530. The van der Waals surface area contributed by atoms with Crippen molar-refractivity contribution in [1.29, 1.82) is 0 Å². The second-order valence-electron chi connectivity index (χ2n) is 4.89. The summed E-state index contributed by atoms with van der Waals surface area (Å²) in [6, 6.07) is 7.60. The molecule has 0 aliphatic carbocycles. The summed E-state index contributed by atoms with van der Waals surface area (Å²) in [5, 5.41) is 9.17. The van der Waals surface area contributed by atoms with Crippen LogP contribution in [0.5, 0.6) is 5.75 Å². The van der Waals surface area contributed by atoms with Crippen molar-refractivity contribution in [3.05, 3.63) is 29.8 Å². The van der Waals surface area contributed by atoms with Gasteiger partial charge in [0.05, 0.1) is 0 Å². The molecule has 0 bridgehead atoms. The van der Waals surface area contributed by atoms with Crippen molar-refractivity contribution in [3.63, 3.8) is 0 Å². The molecule has 0 unspecified atom stereocenters. The first-order valence-corrected chi connectivity index (χ1v) is 7.11. The van der Waals surface area contributed by atoms with Crippen LogP contribution in [-0.2, 0) is 6.42 Å². The molecule has 1 rings (SSSR count). The van der Waals surface area contributed by atoms with Crippen LogP contribution in [0, 0.1) is 0 Å². The van der Waals surface area contributed by atoms with Gasteiger partial charge < -0.3 is 5.11 Å². The number of unbranched alkanes of at least 4 members (excludes halogenated alkanes) is 7. The summed E-state index contributed by atoms with van der Waals surface area (Å²) in [5.41, 5.74) is 1.34. The summed E-state index contributed by atoms with van der Waals surface area (Å²) in [5.74, 6) is 0.365. The summed E-state index contributed by atoms with van der Waals surface area (Å²) in [6.07, 6.45) is 12.1. The molecule has 0 aliphatic heterocycles. The Bertz CT molecular complexity index is 282. The Balaban J connectivity index is 0.00000289. The molecule has 1 N–H and O–H groups in total. The topological polar surface area (TPSA) is 20.2 Å². The van der Waals surface area contributed by atoms with Crippen LogP contribution in [-0.4, -0.2) is 42.8 Å². The van der Waals surface area contributed by atoms with E-state index in [0.717, 1.165) is 6.42 Å². The molecule has 0 amide bonds. The summed E-state index contributed by atoms with van der Waals surface area (Å²) < 4.78 is 0. The van der Waals surface area contributed by atoms with E-state index < -0.39 is 0 Å². The minimum atomic E-state index is 0. The fraction of sp³-hybridized carbons (Fsp3) is 0.625. The Morgan fingerprint density at radius 1 is 0.778 bits per heavy atom. The number of phenolic OH excluding ortho intramolecular Hbond substituents is 1. The van der Waals surface area contributed by atoms with Gasteiger partial charge in [-0.3, -0.25) is 0 Å². The van der Waals surface area contributed by atoms with Crippen LogP contribution >= 0.6 is 0 Å². The van der Waals surface area contributed by atoms with Crippen LogP contribution in [0.25, 0.3) is 0 Å². The number of hydrogen-bond acceptors (Lipinski definition) is 1. The van der Waals surface area contributed by atoms with Gasteiger partial charge in [0.25, 0.3) is 0 Å². The molecule has 0 aliphatic rings. The monoisotopic (exact) mass is 276 g/mol. The first kappa shape index (κ1) is 18.3. The molecular weight excluding hydrogens is 248 g/mol. The average Bonchev–Trinajstić information content (AvgIpc) is 2.35. The van der Waals surface area contributed by atoms with Crippen molar-refractivity contribution in [2.24, 2.45) is 0 Å². The first-order valence-electron chi connectivity index (χ1n) is 7.11. The van der Waals surface area contributed by atoms with Crippen LogP contribution < -0.4 is 0 Å². The number of rotatable bonds is 9. The van der Waals surface area contributed by atoms with Crippen molar-refractivity contribution in [2.45, 2.75) is 64.7 Å². The standard InChI is InChI=1S/C16H26O.Ca.2H/c1-2-3-4-5-6-7-8-9-10-15-11-13-16(17)14-12-15;;;/h11-14,17H,2-10H2,1H3;;;. The van der Waals surface area contributed by atoms with E-state index in [-0.39, 0.29) is 37.7 Å². The summed E-state index contributed by atoms with van der Waals surface area (Å²) in [7, 11) is 0. The van der Waals surface area contributed by atoms with E-state index in [4.69, 9.17) is 5.11 Å². The molecule has 1 aromatic carbocycles. The van der Waals surface area contributed by atoms with Gasteiger partial charge in [0.2, 0.25) is 0 Å². The van der Waals surface area contributed by atoms with Crippen molar-refractivity contribution >= 4 is 37.7 Å². The van der Waals surface area contributed by atoms with E-state index in [1.165, 1.54) is 56.9 Å². The fourth-order valence-electron chi connectivity index (χ4n) is 2.13. The van der Waals surface area contributed by atoms with Crippen molar-refractivity contribution < 1.29 is 5.11 Å². The van der Waals surface area contributed by atoms with Gasteiger partial charge in [-0.15, -0.1) is 0 Å². The molecule has 1 nitrogen and oxygen atoms in total. The van der Waals surface area contributed by atoms with E-state index in [1.54, 1.807) is 12.1 Å². The zero-order valence-corrected chi connectivity index (χ0v) is 11.1. The minimum absolute atomic E-state index is 0. The normalized spacial score (nSPS) is 10.1. The third-order valence-corrected chi connectivity index (χ3v) is 3.26. The third-order valence-electron chi connectivity index (χ3n) is 3.26. The van der Waals surface area contributed by atoms with E-state index in [9.17, 15) is 0 Å². The van der Waals surface area contributed by atoms with Gasteiger partial charge in [0, 0.05) is 0 Å². The van der Waals surface area contributed by atoms with Crippen molar-refractivity contribution in [3.8, 4) is 5.75 Å². The molecular formula is C16H28CaO. The van der Waals surface area contributed by atoms with Crippen LogP contribution in [0.2, 0.25) is 0 Å². The molecule has 0 heterocycles. The molecule has 100 valence electrons. The van der Waals surface area contributed by atoms with E-state index in [0.29, 0.717) is 5.75 Å². The van der Waals surface area contributed by atoms with E-state index in [1.807, 2.05) is 12.1 Å². The summed E-state index contributed by atoms with van der Waals surface area (Å²) >= 11 is 0.